The summed E-state index contributed by atoms with van der Waals surface area (Å²) in [4.78, 5) is 0. The number of aryl methyl sites for hydroxylation is 1. The molecule has 2 N–H and O–H groups in total. The predicted octanol–water partition coefficient (Wildman–Crippen LogP) is 1.90. The topological polar surface area (TPSA) is 66.0 Å². The van der Waals surface area contributed by atoms with Gasteiger partial charge in [-0.05, 0) is 37.2 Å². The van der Waals surface area contributed by atoms with Crippen molar-refractivity contribution in [2.75, 3.05) is 6.54 Å². The molecule has 0 saturated carbocycles. The zero-order chi connectivity index (χ0) is 13.7. The van der Waals surface area contributed by atoms with Crippen molar-refractivity contribution < 1.29 is 13.5 Å². The average Bonchev–Trinajstić information content (AvgIpc) is 2.85. The van der Waals surface area contributed by atoms with Gasteiger partial charge in [0.2, 0.25) is 0 Å². The van der Waals surface area contributed by atoms with E-state index in [-0.39, 0.29) is 5.75 Å². The molecule has 0 saturated heterocycles. The summed E-state index contributed by atoms with van der Waals surface area (Å²) in [6.07, 6.45) is 2.61. The second-order valence-corrected chi connectivity index (χ2v) is 3.91. The molecule has 2 aromatic rings. The molecular weight excluding hydrogens is 254 g/mol. The molecular formula is C12H14F2N4O. The van der Waals surface area contributed by atoms with Crippen LogP contribution in [0.3, 0.4) is 0 Å². The summed E-state index contributed by atoms with van der Waals surface area (Å²) in [6, 6.07) is 6.27. The van der Waals surface area contributed by atoms with Crippen LogP contribution in [-0.4, -0.2) is 28.2 Å². The summed E-state index contributed by atoms with van der Waals surface area (Å²) >= 11 is 0. The molecule has 19 heavy (non-hydrogen) atoms. The Morgan fingerprint density at radius 1 is 1.26 bits per heavy atom. The van der Waals surface area contributed by atoms with Crippen LogP contribution in [-0.2, 0) is 6.54 Å². The number of benzene rings is 1. The lowest BCUT2D eigenvalue weighted by Crippen LogP contribution is -2.06. The standard InChI is InChI=1S/C12H14F2N4O/c13-12(14)19-10-4-2-9(3-5-10)11-8-18(17-16-11)7-1-6-15/h2-5,8,12H,1,6-7,15H2. The number of alkyl halides is 2. The van der Waals surface area contributed by atoms with E-state index < -0.39 is 6.61 Å². The van der Waals surface area contributed by atoms with Gasteiger partial charge >= 0.3 is 6.61 Å². The summed E-state index contributed by atoms with van der Waals surface area (Å²) in [6.45, 7) is -1.52. The van der Waals surface area contributed by atoms with Crippen LogP contribution in [0.2, 0.25) is 0 Å². The van der Waals surface area contributed by atoms with Gasteiger partial charge in [0.25, 0.3) is 0 Å². The Labute approximate surface area is 109 Å². The second-order valence-electron chi connectivity index (χ2n) is 3.91. The van der Waals surface area contributed by atoms with Crippen LogP contribution < -0.4 is 10.5 Å². The van der Waals surface area contributed by atoms with Gasteiger partial charge in [0.1, 0.15) is 11.4 Å². The molecule has 2 rings (SSSR count). The van der Waals surface area contributed by atoms with E-state index >= 15 is 0 Å². The second kappa shape index (κ2) is 6.24. The molecule has 0 aliphatic heterocycles. The van der Waals surface area contributed by atoms with Gasteiger partial charge in [-0.25, -0.2) is 0 Å². The number of rotatable bonds is 6. The molecule has 1 heterocycles. The van der Waals surface area contributed by atoms with Gasteiger partial charge in [0.15, 0.2) is 0 Å². The van der Waals surface area contributed by atoms with E-state index in [1.54, 1.807) is 23.0 Å². The highest BCUT2D eigenvalue weighted by atomic mass is 19.3. The van der Waals surface area contributed by atoms with Crippen molar-refractivity contribution in [3.63, 3.8) is 0 Å². The molecule has 102 valence electrons. The molecule has 0 atom stereocenters. The number of nitrogens with zero attached hydrogens (tertiary/aromatic N) is 3. The molecule has 7 heteroatoms. The van der Waals surface area contributed by atoms with Crippen molar-refractivity contribution in [1.29, 1.82) is 0 Å². The van der Waals surface area contributed by atoms with E-state index in [0.717, 1.165) is 12.0 Å². The smallest absolute Gasteiger partial charge is 0.387 e. The Hall–Kier alpha value is -2.02. The fourth-order valence-corrected chi connectivity index (χ4v) is 1.60. The molecule has 1 aromatic carbocycles. The molecule has 5 nitrogen and oxygen atoms in total. The van der Waals surface area contributed by atoms with Crippen molar-refractivity contribution >= 4 is 0 Å². The molecule has 0 aliphatic rings. The van der Waals surface area contributed by atoms with Gasteiger partial charge in [0.05, 0.1) is 6.20 Å². The third kappa shape index (κ3) is 3.72. The maximum atomic E-state index is 12.0. The minimum absolute atomic E-state index is 0.120. The fraction of sp³-hybridized carbons (Fsp3) is 0.333. The highest BCUT2D eigenvalue weighted by Gasteiger charge is 2.06. The van der Waals surface area contributed by atoms with Crippen LogP contribution in [0.5, 0.6) is 5.75 Å². The van der Waals surface area contributed by atoms with Gasteiger partial charge in [-0.2, -0.15) is 8.78 Å². The highest BCUT2D eigenvalue weighted by molar-refractivity contribution is 5.58. The lowest BCUT2D eigenvalue weighted by molar-refractivity contribution is -0.0498. The SMILES string of the molecule is NCCCn1cc(-c2ccc(OC(F)F)cc2)nn1. The van der Waals surface area contributed by atoms with Crippen molar-refractivity contribution in [3.8, 4) is 17.0 Å². The van der Waals surface area contributed by atoms with Crippen LogP contribution >= 0.6 is 0 Å². The lowest BCUT2D eigenvalue weighted by atomic mass is 10.2. The zero-order valence-electron chi connectivity index (χ0n) is 10.2. The Bertz CT molecular complexity index is 513. The van der Waals surface area contributed by atoms with Crippen molar-refractivity contribution in [2.24, 2.45) is 5.73 Å². The number of halogens is 2. The van der Waals surface area contributed by atoms with E-state index in [1.165, 1.54) is 12.1 Å². The van der Waals surface area contributed by atoms with E-state index in [4.69, 9.17) is 5.73 Å². The third-order valence-corrected chi connectivity index (χ3v) is 2.51. The first kappa shape index (κ1) is 13.4. The predicted molar refractivity (Wildman–Crippen MR) is 65.8 cm³/mol. The quantitative estimate of drug-likeness (QED) is 0.869. The van der Waals surface area contributed by atoms with Crippen LogP contribution in [0.25, 0.3) is 11.3 Å². The third-order valence-electron chi connectivity index (χ3n) is 2.51. The number of hydrogen-bond donors (Lipinski definition) is 1. The summed E-state index contributed by atoms with van der Waals surface area (Å²) < 4.78 is 30.0. The molecule has 0 radical (unpaired) electrons. The van der Waals surface area contributed by atoms with E-state index in [0.29, 0.717) is 18.8 Å². The van der Waals surface area contributed by atoms with Crippen LogP contribution in [0.15, 0.2) is 30.5 Å². The summed E-state index contributed by atoms with van der Waals surface area (Å²) in [7, 11) is 0. The van der Waals surface area contributed by atoms with Crippen molar-refractivity contribution in [2.45, 2.75) is 19.6 Å². The molecule has 0 spiro atoms. The largest absolute Gasteiger partial charge is 0.435 e. The summed E-state index contributed by atoms with van der Waals surface area (Å²) in [5, 5.41) is 7.97. The minimum Gasteiger partial charge on any atom is -0.435 e. The van der Waals surface area contributed by atoms with Gasteiger partial charge in [-0.1, -0.05) is 5.21 Å². The lowest BCUT2D eigenvalue weighted by Gasteiger charge is -2.04. The van der Waals surface area contributed by atoms with E-state index in [9.17, 15) is 8.78 Å². The van der Waals surface area contributed by atoms with Crippen molar-refractivity contribution in [1.82, 2.24) is 15.0 Å². The monoisotopic (exact) mass is 268 g/mol. The zero-order valence-corrected chi connectivity index (χ0v) is 10.2. The van der Waals surface area contributed by atoms with E-state index in [1.807, 2.05) is 0 Å². The Morgan fingerprint density at radius 2 is 2.00 bits per heavy atom. The molecule has 0 fully saturated rings. The first-order valence-corrected chi connectivity index (χ1v) is 5.84. The molecule has 0 unspecified atom stereocenters. The number of nitrogens with two attached hydrogens (primary N) is 1. The Morgan fingerprint density at radius 3 is 2.63 bits per heavy atom. The van der Waals surface area contributed by atoms with Crippen LogP contribution in [0, 0.1) is 0 Å². The highest BCUT2D eigenvalue weighted by Crippen LogP contribution is 2.21. The minimum atomic E-state index is -2.82. The Kier molecular flexibility index (Phi) is 4.40. The molecule has 1 aromatic heterocycles. The first-order valence-electron chi connectivity index (χ1n) is 5.84. The molecule has 0 bridgehead atoms. The molecule has 0 amide bonds. The van der Waals surface area contributed by atoms with Gasteiger partial charge in [-0.15, -0.1) is 5.10 Å². The Balaban J connectivity index is 2.07. The maximum absolute atomic E-state index is 12.0. The number of ether oxygens (including phenoxy) is 1. The summed E-state index contributed by atoms with van der Waals surface area (Å²) in [5.41, 5.74) is 6.89. The van der Waals surface area contributed by atoms with E-state index in [2.05, 4.69) is 15.0 Å². The number of aromatic nitrogens is 3. The normalized spacial score (nSPS) is 10.9. The van der Waals surface area contributed by atoms with Crippen LogP contribution in [0.4, 0.5) is 8.78 Å². The van der Waals surface area contributed by atoms with Gasteiger partial charge in [-0.3, -0.25) is 4.68 Å². The van der Waals surface area contributed by atoms with Gasteiger partial charge < -0.3 is 10.5 Å². The average molecular weight is 268 g/mol. The maximum Gasteiger partial charge on any atom is 0.387 e. The summed E-state index contributed by atoms with van der Waals surface area (Å²) in [5.74, 6) is 0.120. The van der Waals surface area contributed by atoms with Crippen LogP contribution in [0.1, 0.15) is 6.42 Å². The van der Waals surface area contributed by atoms with Crippen molar-refractivity contribution in [3.05, 3.63) is 30.5 Å². The fourth-order valence-electron chi connectivity index (χ4n) is 1.60. The number of hydrogen-bond acceptors (Lipinski definition) is 4. The van der Waals surface area contributed by atoms with Gasteiger partial charge in [0, 0.05) is 12.1 Å². The molecule has 0 aliphatic carbocycles. The first-order chi connectivity index (χ1) is 9.19.